The number of halogens is 1. The summed E-state index contributed by atoms with van der Waals surface area (Å²) in [6.45, 7) is 9.75. The summed E-state index contributed by atoms with van der Waals surface area (Å²) in [5.41, 5.74) is 2.94. The van der Waals surface area contributed by atoms with Gasteiger partial charge in [0.05, 0.1) is 10.6 Å². The van der Waals surface area contributed by atoms with E-state index in [-0.39, 0.29) is 23.3 Å². The number of aryl methyl sites for hydroxylation is 2. The molecule has 40 heavy (non-hydrogen) atoms. The van der Waals surface area contributed by atoms with Crippen LogP contribution in [0.15, 0.2) is 77.7 Å². The molecule has 214 valence electrons. The first-order chi connectivity index (χ1) is 18.9. The number of para-hydroxylation sites is 1. The summed E-state index contributed by atoms with van der Waals surface area (Å²) in [6, 6.07) is 19.7. The quantitative estimate of drug-likeness (QED) is 0.295. The number of hydrogen-bond acceptors (Lipinski definition) is 4. The molecule has 0 spiro atoms. The van der Waals surface area contributed by atoms with Crippen LogP contribution in [0.1, 0.15) is 43.9 Å². The van der Waals surface area contributed by atoms with Crippen molar-refractivity contribution in [2.24, 2.45) is 5.92 Å². The normalized spacial score (nSPS) is 12.2. The van der Waals surface area contributed by atoms with E-state index in [0.717, 1.165) is 15.4 Å². The van der Waals surface area contributed by atoms with Gasteiger partial charge in [0.25, 0.3) is 10.0 Å². The Balaban J connectivity index is 2.07. The van der Waals surface area contributed by atoms with E-state index in [0.29, 0.717) is 29.2 Å². The smallest absolute Gasteiger partial charge is 0.264 e. The third-order valence-corrected chi connectivity index (χ3v) is 8.76. The predicted octanol–water partition coefficient (Wildman–Crippen LogP) is 5.73. The number of rotatable bonds is 12. The molecule has 2 amide bonds. The molecule has 0 fully saturated rings. The fourth-order valence-electron chi connectivity index (χ4n) is 4.40. The molecule has 1 unspecified atom stereocenters. The Morgan fingerprint density at radius 3 is 2.08 bits per heavy atom. The van der Waals surface area contributed by atoms with Crippen molar-refractivity contribution < 1.29 is 18.0 Å². The van der Waals surface area contributed by atoms with Crippen LogP contribution in [0.2, 0.25) is 5.02 Å². The van der Waals surface area contributed by atoms with E-state index in [9.17, 15) is 18.0 Å². The summed E-state index contributed by atoms with van der Waals surface area (Å²) in [6.07, 6.45) is 0.371. The number of hydrogen-bond donors (Lipinski definition) is 1. The Hall–Kier alpha value is -3.36. The van der Waals surface area contributed by atoms with Gasteiger partial charge in [0.2, 0.25) is 11.8 Å². The second kappa shape index (κ2) is 13.8. The first-order valence-electron chi connectivity index (χ1n) is 13.4. The molecule has 0 saturated heterocycles. The molecule has 0 bridgehead atoms. The van der Waals surface area contributed by atoms with Crippen molar-refractivity contribution >= 4 is 39.1 Å². The van der Waals surface area contributed by atoms with Crippen molar-refractivity contribution in [1.29, 1.82) is 0 Å². The van der Waals surface area contributed by atoms with Crippen LogP contribution in [-0.4, -0.2) is 44.3 Å². The lowest BCUT2D eigenvalue weighted by atomic mass is 10.1. The van der Waals surface area contributed by atoms with E-state index in [1.165, 1.54) is 29.2 Å². The van der Waals surface area contributed by atoms with Crippen LogP contribution in [0.25, 0.3) is 0 Å². The number of benzene rings is 3. The summed E-state index contributed by atoms with van der Waals surface area (Å²) in [7, 11) is -4.15. The van der Waals surface area contributed by atoms with Crippen LogP contribution < -0.4 is 9.62 Å². The van der Waals surface area contributed by atoms with Gasteiger partial charge in [0, 0.05) is 18.1 Å². The number of carbonyl (C=O) groups excluding carboxylic acids is 2. The average molecular weight is 584 g/mol. The summed E-state index contributed by atoms with van der Waals surface area (Å²) < 4.78 is 29.0. The van der Waals surface area contributed by atoms with Crippen LogP contribution >= 0.6 is 11.6 Å². The van der Waals surface area contributed by atoms with Gasteiger partial charge in [-0.15, -0.1) is 0 Å². The van der Waals surface area contributed by atoms with Crippen LogP contribution in [0, 0.1) is 19.8 Å². The molecule has 9 heteroatoms. The first-order valence-corrected chi connectivity index (χ1v) is 15.2. The van der Waals surface area contributed by atoms with Crippen LogP contribution in [0.4, 0.5) is 5.69 Å². The number of amides is 2. The topological polar surface area (TPSA) is 86.8 Å². The molecule has 3 aromatic rings. The SMILES string of the molecule is CCC(C(=O)NCC(C)C)N(Cc1ccccc1C)C(=O)CN(c1ccccc1C)S(=O)(=O)c1ccc(Cl)cc1. The van der Waals surface area contributed by atoms with Crippen molar-refractivity contribution in [2.75, 3.05) is 17.4 Å². The van der Waals surface area contributed by atoms with Gasteiger partial charge in [-0.3, -0.25) is 13.9 Å². The van der Waals surface area contributed by atoms with Crippen molar-refractivity contribution in [2.45, 2.75) is 58.5 Å². The minimum absolute atomic E-state index is 0.0140. The molecule has 0 radical (unpaired) electrons. The molecule has 0 aliphatic rings. The van der Waals surface area contributed by atoms with Crippen molar-refractivity contribution in [3.63, 3.8) is 0 Å². The average Bonchev–Trinajstić information content (AvgIpc) is 2.92. The summed E-state index contributed by atoms with van der Waals surface area (Å²) in [5, 5.41) is 3.35. The Labute approximate surface area is 243 Å². The maximum Gasteiger partial charge on any atom is 0.264 e. The van der Waals surface area contributed by atoms with Gasteiger partial charge in [-0.25, -0.2) is 8.42 Å². The number of nitrogens with zero attached hydrogens (tertiary/aromatic N) is 2. The van der Waals surface area contributed by atoms with E-state index >= 15 is 0 Å². The molecular formula is C31H38ClN3O4S. The highest BCUT2D eigenvalue weighted by molar-refractivity contribution is 7.92. The van der Waals surface area contributed by atoms with Crippen LogP contribution in [0.5, 0.6) is 0 Å². The van der Waals surface area contributed by atoms with Gasteiger partial charge in [0.15, 0.2) is 0 Å². The zero-order chi connectivity index (χ0) is 29.4. The molecule has 0 saturated carbocycles. The third kappa shape index (κ3) is 7.64. The number of anilines is 1. The van der Waals surface area contributed by atoms with Gasteiger partial charge in [-0.2, -0.15) is 0 Å². The molecule has 3 aromatic carbocycles. The maximum absolute atomic E-state index is 14.1. The van der Waals surface area contributed by atoms with Crippen molar-refractivity contribution in [3.05, 3.63) is 94.5 Å². The molecule has 1 N–H and O–H groups in total. The highest BCUT2D eigenvalue weighted by Gasteiger charge is 2.34. The molecule has 1 atom stereocenters. The molecular weight excluding hydrogens is 546 g/mol. The van der Waals surface area contributed by atoms with Crippen molar-refractivity contribution in [3.8, 4) is 0 Å². The Morgan fingerprint density at radius 2 is 1.50 bits per heavy atom. The highest BCUT2D eigenvalue weighted by Crippen LogP contribution is 2.28. The molecule has 3 rings (SSSR count). The second-order valence-electron chi connectivity index (χ2n) is 10.3. The Morgan fingerprint density at radius 1 is 0.900 bits per heavy atom. The van der Waals surface area contributed by atoms with E-state index in [2.05, 4.69) is 5.32 Å². The van der Waals surface area contributed by atoms with Gasteiger partial charge in [-0.1, -0.05) is 74.8 Å². The Kier molecular flexibility index (Phi) is 10.8. The summed E-state index contributed by atoms with van der Waals surface area (Å²) in [4.78, 5) is 29.0. The van der Waals surface area contributed by atoms with Gasteiger partial charge in [-0.05, 0) is 73.2 Å². The fraction of sp³-hybridized carbons (Fsp3) is 0.355. The number of sulfonamides is 1. The maximum atomic E-state index is 14.1. The lowest BCUT2D eigenvalue weighted by Crippen LogP contribution is -2.52. The zero-order valence-corrected chi connectivity index (χ0v) is 25.3. The lowest BCUT2D eigenvalue weighted by molar-refractivity contribution is -0.140. The summed E-state index contributed by atoms with van der Waals surface area (Å²) in [5.74, 6) is -0.500. The largest absolute Gasteiger partial charge is 0.354 e. The minimum atomic E-state index is -4.15. The molecule has 0 aliphatic carbocycles. The molecule has 0 heterocycles. The van der Waals surface area contributed by atoms with Crippen molar-refractivity contribution in [1.82, 2.24) is 10.2 Å². The van der Waals surface area contributed by atoms with E-state index < -0.39 is 28.5 Å². The highest BCUT2D eigenvalue weighted by atomic mass is 35.5. The summed E-state index contributed by atoms with van der Waals surface area (Å²) >= 11 is 6.02. The molecule has 0 aliphatic heterocycles. The minimum Gasteiger partial charge on any atom is -0.354 e. The monoisotopic (exact) mass is 583 g/mol. The van der Waals surface area contributed by atoms with E-state index in [4.69, 9.17) is 11.6 Å². The lowest BCUT2D eigenvalue weighted by Gasteiger charge is -2.34. The fourth-order valence-corrected chi connectivity index (χ4v) is 6.01. The first kappa shape index (κ1) is 31.2. The van der Waals surface area contributed by atoms with Gasteiger partial charge < -0.3 is 10.2 Å². The predicted molar refractivity (Wildman–Crippen MR) is 161 cm³/mol. The van der Waals surface area contributed by atoms with Gasteiger partial charge >= 0.3 is 0 Å². The van der Waals surface area contributed by atoms with Crippen LogP contribution in [0.3, 0.4) is 0 Å². The number of nitrogens with one attached hydrogen (secondary N) is 1. The van der Waals surface area contributed by atoms with Gasteiger partial charge in [0.1, 0.15) is 12.6 Å². The third-order valence-electron chi connectivity index (χ3n) is 6.74. The van der Waals surface area contributed by atoms with E-state index in [1.807, 2.05) is 58.0 Å². The number of carbonyl (C=O) groups is 2. The standard InChI is InChI=1S/C31H38ClN3O4S/c1-6-28(31(37)33-19-22(2)3)34(20-25-13-9-7-11-23(25)4)30(36)21-35(29-14-10-8-12-24(29)5)40(38,39)27-17-15-26(32)16-18-27/h7-18,22,28H,6,19-21H2,1-5H3,(H,33,37). The molecule has 0 aromatic heterocycles. The second-order valence-corrected chi connectivity index (χ2v) is 12.6. The Bertz CT molecular complexity index is 1420. The molecule has 7 nitrogen and oxygen atoms in total. The zero-order valence-electron chi connectivity index (χ0n) is 23.7. The van der Waals surface area contributed by atoms with E-state index in [1.54, 1.807) is 25.1 Å². The van der Waals surface area contributed by atoms with Crippen LogP contribution in [-0.2, 0) is 26.2 Å².